The number of hydrogen-bond donors (Lipinski definition) is 1. The highest BCUT2D eigenvalue weighted by Crippen LogP contribution is 2.37. The lowest BCUT2D eigenvalue weighted by Crippen LogP contribution is -2.38. The summed E-state index contributed by atoms with van der Waals surface area (Å²) < 4.78 is 34.2. The monoisotopic (exact) mass is 469 g/mol. The molecular formula is C23H23N3O4S2. The molecule has 1 aromatic heterocycles. The van der Waals surface area contributed by atoms with Crippen molar-refractivity contribution in [2.45, 2.75) is 25.7 Å². The van der Waals surface area contributed by atoms with Crippen LogP contribution < -0.4 is 14.4 Å². The van der Waals surface area contributed by atoms with Crippen LogP contribution in [-0.2, 0) is 14.8 Å². The first kappa shape index (κ1) is 22.0. The van der Waals surface area contributed by atoms with E-state index in [1.807, 2.05) is 31.2 Å². The molecule has 2 aromatic carbocycles. The number of fused-ring (bicyclic) bond motifs is 1. The Morgan fingerprint density at radius 3 is 2.62 bits per heavy atom. The van der Waals surface area contributed by atoms with Gasteiger partial charge in [-0.25, -0.2) is 13.4 Å². The van der Waals surface area contributed by atoms with Gasteiger partial charge in [0.15, 0.2) is 11.7 Å². The maximum atomic E-state index is 13.0. The number of carbonyl (C=O) groups excluding carboxylic acids is 1. The fourth-order valence-corrected chi connectivity index (χ4v) is 6.33. The van der Waals surface area contributed by atoms with Crippen molar-refractivity contribution in [3.63, 3.8) is 0 Å². The van der Waals surface area contributed by atoms with Crippen molar-refractivity contribution in [2.24, 2.45) is 0 Å². The van der Waals surface area contributed by atoms with Gasteiger partial charge in [-0.2, -0.15) is 0 Å². The molecule has 0 fully saturated rings. The van der Waals surface area contributed by atoms with E-state index in [2.05, 4.69) is 16.3 Å². The van der Waals surface area contributed by atoms with E-state index in [0.29, 0.717) is 34.8 Å². The molecule has 0 atom stereocenters. The molecule has 0 spiro atoms. The Kier molecular flexibility index (Phi) is 5.79. The summed E-state index contributed by atoms with van der Waals surface area (Å²) in [5.74, 6) is 0.460. The van der Waals surface area contributed by atoms with Crippen LogP contribution in [0.15, 0.2) is 53.3 Å². The maximum Gasteiger partial charge on any atom is 0.265 e. The van der Waals surface area contributed by atoms with Crippen LogP contribution in [-0.4, -0.2) is 32.5 Å². The summed E-state index contributed by atoms with van der Waals surface area (Å²) >= 11 is 1.20. The number of ether oxygens (including phenoxy) is 1. The average Bonchev–Trinajstić information content (AvgIpc) is 3.16. The number of nitrogens with zero attached hydrogens (tertiary/aromatic N) is 2. The zero-order chi connectivity index (χ0) is 23.0. The lowest BCUT2D eigenvalue weighted by molar-refractivity contribution is -0.121. The molecule has 0 saturated carbocycles. The minimum absolute atomic E-state index is 0.0132. The van der Waals surface area contributed by atoms with Gasteiger partial charge < -0.3 is 9.64 Å². The molecular weight excluding hydrogens is 446 g/mol. The molecule has 1 aliphatic heterocycles. The van der Waals surface area contributed by atoms with Gasteiger partial charge in [0.25, 0.3) is 15.9 Å². The van der Waals surface area contributed by atoms with Crippen LogP contribution in [0.2, 0.25) is 0 Å². The first-order valence-electron chi connectivity index (χ1n) is 9.94. The van der Waals surface area contributed by atoms with Crippen molar-refractivity contribution in [3.8, 4) is 17.0 Å². The lowest BCUT2D eigenvalue weighted by atomic mass is 10.1. The van der Waals surface area contributed by atoms with Gasteiger partial charge in [-0.15, -0.1) is 17.9 Å². The van der Waals surface area contributed by atoms with Crippen LogP contribution in [0.1, 0.15) is 16.7 Å². The van der Waals surface area contributed by atoms with E-state index in [-0.39, 0.29) is 22.5 Å². The Morgan fingerprint density at radius 1 is 1.22 bits per heavy atom. The second-order valence-corrected chi connectivity index (χ2v) is 10.1. The van der Waals surface area contributed by atoms with Crippen LogP contribution in [0.5, 0.6) is 5.75 Å². The van der Waals surface area contributed by atoms with Crippen molar-refractivity contribution in [2.75, 3.05) is 22.8 Å². The van der Waals surface area contributed by atoms with Gasteiger partial charge in [-0.1, -0.05) is 23.8 Å². The summed E-state index contributed by atoms with van der Waals surface area (Å²) in [6.45, 7) is 9.57. The molecule has 0 unspecified atom stereocenters. The summed E-state index contributed by atoms with van der Waals surface area (Å²) in [5, 5.41) is 2.05. The van der Waals surface area contributed by atoms with Crippen molar-refractivity contribution < 1.29 is 17.9 Å². The third-order valence-electron chi connectivity index (χ3n) is 5.11. The quantitative estimate of drug-likeness (QED) is 0.539. The smallest absolute Gasteiger partial charge is 0.265 e. The molecule has 166 valence electrons. The molecule has 0 aliphatic carbocycles. The highest BCUT2D eigenvalue weighted by molar-refractivity contribution is 7.93. The lowest BCUT2D eigenvalue weighted by Gasteiger charge is -2.28. The molecule has 1 aliphatic rings. The van der Waals surface area contributed by atoms with E-state index >= 15 is 0 Å². The van der Waals surface area contributed by atoms with Gasteiger partial charge in [0.2, 0.25) is 0 Å². The topological polar surface area (TPSA) is 88.6 Å². The molecule has 0 bridgehead atoms. The number of benzene rings is 2. The van der Waals surface area contributed by atoms with Crippen molar-refractivity contribution in [1.82, 2.24) is 4.98 Å². The van der Waals surface area contributed by atoms with Crippen LogP contribution in [0.4, 0.5) is 10.8 Å². The highest BCUT2D eigenvalue weighted by Gasteiger charge is 2.26. The number of anilines is 2. The van der Waals surface area contributed by atoms with Gasteiger partial charge >= 0.3 is 0 Å². The normalized spacial score (nSPS) is 13.5. The molecule has 32 heavy (non-hydrogen) atoms. The van der Waals surface area contributed by atoms with Gasteiger partial charge in [0.1, 0.15) is 5.75 Å². The molecule has 4 rings (SSSR count). The fourth-order valence-electron chi connectivity index (χ4n) is 3.90. The largest absolute Gasteiger partial charge is 0.482 e. The predicted molar refractivity (Wildman–Crippen MR) is 127 cm³/mol. The van der Waals surface area contributed by atoms with Crippen molar-refractivity contribution >= 4 is 38.1 Å². The van der Waals surface area contributed by atoms with Crippen LogP contribution in [0, 0.1) is 20.8 Å². The summed E-state index contributed by atoms with van der Waals surface area (Å²) in [5.41, 5.74) is 4.38. The van der Waals surface area contributed by atoms with E-state index in [4.69, 9.17) is 4.74 Å². The molecule has 0 radical (unpaired) electrons. The molecule has 1 amide bonds. The summed E-state index contributed by atoms with van der Waals surface area (Å²) in [6, 6.07) is 9.13. The van der Waals surface area contributed by atoms with Crippen LogP contribution >= 0.6 is 11.3 Å². The minimum Gasteiger partial charge on any atom is -0.482 e. The van der Waals surface area contributed by atoms with E-state index in [0.717, 1.165) is 11.1 Å². The number of aromatic nitrogens is 1. The zero-order valence-electron chi connectivity index (χ0n) is 18.0. The summed E-state index contributed by atoms with van der Waals surface area (Å²) in [7, 11) is -3.78. The number of hydrogen-bond acceptors (Lipinski definition) is 6. The van der Waals surface area contributed by atoms with E-state index in [1.54, 1.807) is 36.3 Å². The number of thiazole rings is 1. The Balaban J connectivity index is 1.64. The third kappa shape index (κ3) is 4.13. The molecule has 0 saturated heterocycles. The first-order chi connectivity index (χ1) is 15.2. The Hall–Kier alpha value is -3.17. The number of sulfonamides is 1. The number of amides is 1. The average molecular weight is 470 g/mol. The predicted octanol–water partition coefficient (Wildman–Crippen LogP) is 4.45. The summed E-state index contributed by atoms with van der Waals surface area (Å²) in [4.78, 5) is 18.6. The summed E-state index contributed by atoms with van der Waals surface area (Å²) in [6.07, 6.45) is 1.66. The first-order valence-corrected chi connectivity index (χ1v) is 12.3. The zero-order valence-corrected chi connectivity index (χ0v) is 19.6. The molecule has 3 aromatic rings. The van der Waals surface area contributed by atoms with Crippen molar-refractivity contribution in [3.05, 3.63) is 65.1 Å². The minimum atomic E-state index is -3.78. The maximum absolute atomic E-state index is 13.0. The number of rotatable bonds is 6. The van der Waals surface area contributed by atoms with Gasteiger partial charge in [-0.05, 0) is 50.1 Å². The van der Waals surface area contributed by atoms with Crippen LogP contribution in [0.25, 0.3) is 11.3 Å². The van der Waals surface area contributed by atoms with Gasteiger partial charge in [0, 0.05) is 17.5 Å². The van der Waals surface area contributed by atoms with E-state index in [9.17, 15) is 13.2 Å². The Morgan fingerprint density at radius 2 is 1.94 bits per heavy atom. The molecule has 7 nitrogen and oxygen atoms in total. The second kappa shape index (κ2) is 8.40. The molecule has 9 heteroatoms. The van der Waals surface area contributed by atoms with Gasteiger partial charge in [0.05, 0.1) is 16.3 Å². The third-order valence-corrected chi connectivity index (χ3v) is 7.64. The molecule has 2 heterocycles. The highest BCUT2D eigenvalue weighted by atomic mass is 32.2. The fraction of sp³-hybridized carbons (Fsp3) is 0.217. The van der Waals surface area contributed by atoms with Crippen molar-refractivity contribution in [1.29, 1.82) is 0 Å². The SMILES string of the molecule is C=CCN1C(=O)COc2ccc(-c3csc(NS(=O)(=O)c4c(C)cc(C)cc4C)n3)cc21. The number of carbonyl (C=O) groups is 1. The number of aryl methyl sites for hydroxylation is 3. The molecule has 1 N–H and O–H groups in total. The standard InChI is InChI=1S/C23H23N3O4S2/c1-5-8-26-19-11-17(6-7-20(19)30-12-21(26)27)18-13-31-23(24-18)25-32(28,29)22-15(3)9-14(2)10-16(22)4/h5-7,9-11,13H,1,8,12H2,2-4H3,(H,24,25). The van der Waals surface area contributed by atoms with E-state index < -0.39 is 10.0 Å². The Bertz CT molecular complexity index is 1310. The van der Waals surface area contributed by atoms with E-state index in [1.165, 1.54) is 11.3 Å². The number of nitrogens with one attached hydrogen (secondary N) is 1. The van der Waals surface area contributed by atoms with Crippen LogP contribution in [0.3, 0.4) is 0 Å². The second-order valence-electron chi connectivity index (χ2n) is 7.64. The van der Waals surface area contributed by atoms with Gasteiger partial charge in [-0.3, -0.25) is 9.52 Å². The Labute approximate surface area is 191 Å².